The van der Waals surface area contributed by atoms with Crippen molar-refractivity contribution in [3.05, 3.63) is 79.0 Å². The van der Waals surface area contributed by atoms with Gasteiger partial charge in [-0.05, 0) is 18.2 Å². The molecule has 0 fully saturated rings. The number of nitro groups is 2. The standard InChI is InChI=1S/C19H9ClF6N4O6/c20-10-5-8(18(21,22)23)7-27-17(10)28-14-11(29(32)33)6-9(19(24,25)26)16(15(14)30(34)35)36-13-4-2-1-3-12(13)31/h1-7,31H,(H,27,28). The SMILES string of the molecule is O=[N+]([O-])c1cc(C(F)(F)F)c(Oc2ccccc2O)c([N+](=O)[O-])c1Nc1ncc(C(F)(F)F)cc1Cl. The number of nitro benzene ring substituents is 2. The van der Waals surface area contributed by atoms with E-state index < -0.39 is 78.5 Å². The third-order valence-electron chi connectivity index (χ3n) is 4.41. The lowest BCUT2D eigenvalue weighted by atomic mass is 10.1. The Bertz CT molecular complexity index is 1370. The number of nitrogens with zero attached hydrogens (tertiary/aromatic N) is 3. The summed E-state index contributed by atoms with van der Waals surface area (Å²) in [4.78, 5) is 23.9. The van der Waals surface area contributed by atoms with Crippen molar-refractivity contribution in [3.8, 4) is 17.2 Å². The number of aromatic nitrogens is 1. The summed E-state index contributed by atoms with van der Waals surface area (Å²) in [6.45, 7) is 0. The Hall–Kier alpha value is -4.34. The van der Waals surface area contributed by atoms with Crippen molar-refractivity contribution in [2.24, 2.45) is 0 Å². The van der Waals surface area contributed by atoms with E-state index in [-0.39, 0.29) is 12.3 Å². The number of aromatic hydroxyl groups is 1. The molecule has 190 valence electrons. The lowest BCUT2D eigenvalue weighted by Crippen LogP contribution is -2.13. The zero-order valence-electron chi connectivity index (χ0n) is 17.0. The van der Waals surface area contributed by atoms with Crippen LogP contribution < -0.4 is 10.1 Å². The number of phenolic OH excluding ortho intramolecular Hbond substituents is 1. The van der Waals surface area contributed by atoms with Crippen LogP contribution in [0.1, 0.15) is 11.1 Å². The van der Waals surface area contributed by atoms with Crippen LogP contribution in [-0.2, 0) is 12.4 Å². The zero-order chi connectivity index (χ0) is 27.0. The number of hydrogen-bond donors (Lipinski definition) is 2. The van der Waals surface area contributed by atoms with Crippen LogP contribution in [0, 0.1) is 20.2 Å². The summed E-state index contributed by atoms with van der Waals surface area (Å²) in [5.74, 6) is -3.72. The van der Waals surface area contributed by atoms with Crippen LogP contribution in [0.2, 0.25) is 5.02 Å². The molecule has 2 aromatic carbocycles. The molecule has 0 atom stereocenters. The summed E-state index contributed by atoms with van der Waals surface area (Å²) in [6.07, 6.45) is -10.1. The molecule has 0 aliphatic carbocycles. The van der Waals surface area contributed by atoms with Gasteiger partial charge in [0, 0.05) is 12.3 Å². The molecule has 0 spiro atoms. The molecule has 0 aliphatic rings. The number of nitrogens with one attached hydrogen (secondary N) is 1. The Morgan fingerprint density at radius 3 is 2.14 bits per heavy atom. The average Bonchev–Trinajstić information content (AvgIpc) is 2.74. The van der Waals surface area contributed by atoms with Crippen LogP contribution in [0.4, 0.5) is 49.2 Å². The third-order valence-corrected chi connectivity index (χ3v) is 4.70. The number of para-hydroxylation sites is 2. The van der Waals surface area contributed by atoms with Gasteiger partial charge in [-0.2, -0.15) is 26.3 Å². The van der Waals surface area contributed by atoms with Crippen molar-refractivity contribution in [2.45, 2.75) is 12.4 Å². The Balaban J connectivity index is 2.32. The zero-order valence-corrected chi connectivity index (χ0v) is 17.8. The summed E-state index contributed by atoms with van der Waals surface area (Å²) in [7, 11) is 0. The van der Waals surface area contributed by atoms with E-state index in [2.05, 4.69) is 4.98 Å². The fourth-order valence-electron chi connectivity index (χ4n) is 2.85. The molecule has 0 amide bonds. The Morgan fingerprint density at radius 2 is 1.64 bits per heavy atom. The van der Waals surface area contributed by atoms with Crippen molar-refractivity contribution >= 4 is 34.5 Å². The first kappa shape index (κ1) is 26.3. The Morgan fingerprint density at radius 1 is 1.00 bits per heavy atom. The van der Waals surface area contributed by atoms with Gasteiger partial charge in [-0.25, -0.2) is 4.98 Å². The first-order valence-corrected chi connectivity index (χ1v) is 9.51. The van der Waals surface area contributed by atoms with Crippen LogP contribution in [0.5, 0.6) is 17.2 Å². The maximum absolute atomic E-state index is 13.8. The highest BCUT2D eigenvalue weighted by atomic mass is 35.5. The summed E-state index contributed by atoms with van der Waals surface area (Å²) in [5, 5.41) is 34.4. The molecular weight excluding hydrogens is 530 g/mol. The number of anilines is 2. The van der Waals surface area contributed by atoms with E-state index in [1.54, 1.807) is 0 Å². The molecular formula is C19H9ClF6N4O6. The molecule has 0 radical (unpaired) electrons. The van der Waals surface area contributed by atoms with Gasteiger partial charge < -0.3 is 15.2 Å². The minimum absolute atomic E-state index is 0.0807. The van der Waals surface area contributed by atoms with Gasteiger partial charge in [-0.1, -0.05) is 23.7 Å². The topological polar surface area (TPSA) is 141 Å². The predicted molar refractivity (Wildman–Crippen MR) is 110 cm³/mol. The molecule has 1 aromatic heterocycles. The summed E-state index contributed by atoms with van der Waals surface area (Å²) in [6, 6.07) is 4.70. The van der Waals surface area contributed by atoms with Crippen LogP contribution in [0.15, 0.2) is 42.6 Å². The molecule has 0 saturated carbocycles. The van der Waals surface area contributed by atoms with E-state index in [1.807, 2.05) is 5.32 Å². The maximum atomic E-state index is 13.8. The van der Waals surface area contributed by atoms with Gasteiger partial charge in [0.2, 0.25) is 11.4 Å². The van der Waals surface area contributed by atoms with Crippen molar-refractivity contribution in [1.82, 2.24) is 4.98 Å². The lowest BCUT2D eigenvalue weighted by Gasteiger charge is -2.17. The molecule has 10 nitrogen and oxygen atoms in total. The van der Waals surface area contributed by atoms with Gasteiger partial charge in [0.05, 0.1) is 20.4 Å². The van der Waals surface area contributed by atoms with Gasteiger partial charge in [-0.15, -0.1) is 0 Å². The van der Waals surface area contributed by atoms with Crippen LogP contribution in [0.3, 0.4) is 0 Å². The Labute approximate surface area is 200 Å². The van der Waals surface area contributed by atoms with E-state index in [4.69, 9.17) is 16.3 Å². The third kappa shape index (κ3) is 5.32. The van der Waals surface area contributed by atoms with Gasteiger partial charge in [0.15, 0.2) is 11.5 Å². The lowest BCUT2D eigenvalue weighted by molar-refractivity contribution is -0.393. The number of phenols is 1. The number of hydrogen-bond acceptors (Lipinski definition) is 8. The number of alkyl halides is 6. The highest BCUT2D eigenvalue weighted by molar-refractivity contribution is 6.33. The molecule has 17 heteroatoms. The number of rotatable bonds is 6. The molecule has 2 N–H and O–H groups in total. The molecule has 36 heavy (non-hydrogen) atoms. The fourth-order valence-corrected chi connectivity index (χ4v) is 3.06. The van der Waals surface area contributed by atoms with Crippen molar-refractivity contribution in [3.63, 3.8) is 0 Å². The first-order valence-electron chi connectivity index (χ1n) is 9.13. The second-order valence-electron chi connectivity index (χ2n) is 6.75. The van der Waals surface area contributed by atoms with Crippen molar-refractivity contribution < 1.29 is 46.0 Å². The second kappa shape index (κ2) is 9.37. The van der Waals surface area contributed by atoms with Crippen LogP contribution in [-0.4, -0.2) is 19.9 Å². The number of ether oxygens (including phenoxy) is 1. The number of pyridine rings is 1. The molecule has 3 rings (SSSR count). The van der Waals surface area contributed by atoms with Gasteiger partial charge in [0.1, 0.15) is 11.4 Å². The summed E-state index contributed by atoms with van der Waals surface area (Å²) >= 11 is 5.73. The van der Waals surface area contributed by atoms with Crippen LogP contribution in [0.25, 0.3) is 0 Å². The van der Waals surface area contributed by atoms with E-state index in [1.165, 1.54) is 12.1 Å². The number of benzene rings is 2. The Kier molecular flexibility index (Phi) is 6.83. The average molecular weight is 539 g/mol. The molecule has 0 unspecified atom stereocenters. The fraction of sp³-hybridized carbons (Fsp3) is 0.105. The predicted octanol–water partition coefficient (Wildman–Crippen LogP) is 6.83. The van der Waals surface area contributed by atoms with Gasteiger partial charge >= 0.3 is 23.7 Å². The van der Waals surface area contributed by atoms with Crippen molar-refractivity contribution in [1.29, 1.82) is 0 Å². The normalized spacial score (nSPS) is 11.8. The molecule has 0 aliphatic heterocycles. The highest BCUT2D eigenvalue weighted by Gasteiger charge is 2.44. The van der Waals surface area contributed by atoms with Crippen LogP contribution >= 0.6 is 11.6 Å². The quantitative estimate of drug-likeness (QED) is 0.198. The summed E-state index contributed by atoms with van der Waals surface area (Å²) in [5.41, 5.74) is -7.62. The minimum atomic E-state index is -5.42. The minimum Gasteiger partial charge on any atom is -0.504 e. The van der Waals surface area contributed by atoms with Gasteiger partial charge in [0.25, 0.3) is 0 Å². The van der Waals surface area contributed by atoms with Gasteiger partial charge in [-0.3, -0.25) is 20.2 Å². The number of halogens is 7. The van der Waals surface area contributed by atoms with E-state index in [0.29, 0.717) is 6.07 Å². The second-order valence-corrected chi connectivity index (χ2v) is 7.16. The van der Waals surface area contributed by atoms with E-state index in [0.717, 1.165) is 12.1 Å². The van der Waals surface area contributed by atoms with Crippen molar-refractivity contribution in [2.75, 3.05) is 5.32 Å². The smallest absolute Gasteiger partial charge is 0.420 e. The first-order chi connectivity index (χ1) is 16.6. The maximum Gasteiger partial charge on any atom is 0.420 e. The monoisotopic (exact) mass is 538 g/mol. The molecule has 3 aromatic rings. The largest absolute Gasteiger partial charge is 0.504 e. The van der Waals surface area contributed by atoms with E-state index >= 15 is 0 Å². The highest BCUT2D eigenvalue weighted by Crippen LogP contribution is 2.52. The molecule has 0 saturated heterocycles. The molecule has 0 bridgehead atoms. The van der Waals surface area contributed by atoms with E-state index in [9.17, 15) is 51.7 Å². The molecule has 1 heterocycles. The summed E-state index contributed by atoms with van der Waals surface area (Å²) < 4.78 is 84.9.